The van der Waals surface area contributed by atoms with Gasteiger partial charge in [-0.1, -0.05) is 24.2 Å². The Morgan fingerprint density at radius 2 is 2.08 bits per heavy atom. The average Bonchev–Trinajstić information content (AvgIpc) is 3.16. The first kappa shape index (κ1) is 17.6. The summed E-state index contributed by atoms with van der Waals surface area (Å²) in [5, 5.41) is 16.7. The smallest absolute Gasteiger partial charge is 0.251 e. The zero-order valence-electron chi connectivity index (χ0n) is 14.4. The molecule has 1 aromatic heterocycles. The Hall–Kier alpha value is -2.25. The maximum absolute atomic E-state index is 12.2. The van der Waals surface area contributed by atoms with Crippen molar-refractivity contribution in [3.05, 3.63) is 36.2 Å². The topological polar surface area (TPSA) is 91.5 Å². The molecule has 0 radical (unpaired) electrons. The van der Waals surface area contributed by atoms with E-state index >= 15 is 0 Å². The fraction of sp³-hybridized carbons (Fsp3) is 0.500. The van der Waals surface area contributed by atoms with Crippen molar-refractivity contribution in [2.24, 2.45) is 5.92 Å². The van der Waals surface area contributed by atoms with Crippen molar-refractivity contribution in [1.29, 1.82) is 0 Å². The van der Waals surface area contributed by atoms with Gasteiger partial charge in [-0.3, -0.25) is 4.79 Å². The number of carbonyl (C=O) groups is 1. The SMILES string of the molecule is CC1CCN(CC(O)CNC(=O)c2ccc(-c3ncon3)cc2)CC1. The van der Waals surface area contributed by atoms with Gasteiger partial charge in [-0.25, -0.2) is 0 Å². The third-order valence-corrected chi connectivity index (χ3v) is 4.61. The lowest BCUT2D eigenvalue weighted by Gasteiger charge is -2.31. The molecule has 1 saturated heterocycles. The van der Waals surface area contributed by atoms with Crippen molar-refractivity contribution in [1.82, 2.24) is 20.4 Å². The van der Waals surface area contributed by atoms with Gasteiger partial charge >= 0.3 is 0 Å². The molecule has 1 aliphatic heterocycles. The van der Waals surface area contributed by atoms with Crippen LogP contribution < -0.4 is 5.32 Å². The lowest BCUT2D eigenvalue weighted by molar-refractivity contribution is 0.0795. The number of β-amino-alcohol motifs (C(OH)–C–C–N with tert-alkyl or cyclic N) is 1. The van der Waals surface area contributed by atoms with Crippen LogP contribution in [0.25, 0.3) is 11.4 Å². The third kappa shape index (κ3) is 4.87. The van der Waals surface area contributed by atoms with Crippen LogP contribution in [-0.4, -0.2) is 58.3 Å². The van der Waals surface area contributed by atoms with E-state index < -0.39 is 6.10 Å². The fourth-order valence-electron chi connectivity index (χ4n) is 2.99. The van der Waals surface area contributed by atoms with E-state index in [1.807, 2.05) is 0 Å². The second-order valence-electron chi connectivity index (χ2n) is 6.68. The first-order chi connectivity index (χ1) is 12.1. The number of amides is 1. The quantitative estimate of drug-likeness (QED) is 0.826. The van der Waals surface area contributed by atoms with Gasteiger partial charge in [0.1, 0.15) is 0 Å². The highest BCUT2D eigenvalue weighted by Gasteiger charge is 2.18. The molecular formula is C18H24N4O3. The number of hydrogen-bond donors (Lipinski definition) is 2. The predicted octanol–water partition coefficient (Wildman–Crippen LogP) is 1.56. The Morgan fingerprint density at radius 3 is 2.72 bits per heavy atom. The average molecular weight is 344 g/mol. The summed E-state index contributed by atoms with van der Waals surface area (Å²) >= 11 is 0. The van der Waals surface area contributed by atoms with Crippen molar-refractivity contribution < 1.29 is 14.4 Å². The molecule has 25 heavy (non-hydrogen) atoms. The lowest BCUT2D eigenvalue weighted by atomic mass is 9.99. The third-order valence-electron chi connectivity index (χ3n) is 4.61. The lowest BCUT2D eigenvalue weighted by Crippen LogP contribution is -2.43. The van der Waals surface area contributed by atoms with E-state index in [-0.39, 0.29) is 12.5 Å². The fourth-order valence-corrected chi connectivity index (χ4v) is 2.99. The van der Waals surface area contributed by atoms with Crippen LogP contribution in [0, 0.1) is 5.92 Å². The zero-order chi connectivity index (χ0) is 17.6. The van der Waals surface area contributed by atoms with Gasteiger partial charge in [0.15, 0.2) is 0 Å². The summed E-state index contributed by atoms with van der Waals surface area (Å²) < 4.78 is 4.71. The van der Waals surface area contributed by atoms with Gasteiger partial charge in [0.25, 0.3) is 5.91 Å². The summed E-state index contributed by atoms with van der Waals surface area (Å²) in [5.41, 5.74) is 1.32. The molecule has 2 aromatic rings. The summed E-state index contributed by atoms with van der Waals surface area (Å²) in [4.78, 5) is 18.4. The van der Waals surface area contributed by atoms with Gasteiger partial charge in [0, 0.05) is 24.2 Å². The molecule has 1 aliphatic rings. The van der Waals surface area contributed by atoms with Crippen LogP contribution in [0.1, 0.15) is 30.1 Å². The van der Waals surface area contributed by atoms with Crippen LogP contribution >= 0.6 is 0 Å². The molecule has 0 aliphatic carbocycles. The molecule has 1 unspecified atom stereocenters. The number of nitrogens with zero attached hydrogens (tertiary/aromatic N) is 3. The standard InChI is InChI=1S/C18H24N4O3/c1-13-6-8-22(9-7-13)11-16(23)10-19-18(24)15-4-2-14(3-5-15)17-20-12-25-21-17/h2-5,12-13,16,23H,6-11H2,1H3,(H,19,24). The first-order valence-electron chi connectivity index (χ1n) is 8.67. The number of piperidine rings is 1. The summed E-state index contributed by atoms with van der Waals surface area (Å²) in [7, 11) is 0. The van der Waals surface area contributed by atoms with Gasteiger partial charge in [0.05, 0.1) is 6.10 Å². The molecule has 7 heteroatoms. The van der Waals surface area contributed by atoms with Crippen molar-refractivity contribution >= 4 is 5.91 Å². The molecule has 1 fully saturated rings. The summed E-state index contributed by atoms with van der Waals surface area (Å²) in [6.45, 7) is 5.15. The Balaban J connectivity index is 1.45. The number of benzene rings is 1. The van der Waals surface area contributed by atoms with E-state index in [2.05, 4.69) is 27.3 Å². The van der Waals surface area contributed by atoms with Gasteiger partial charge in [-0.15, -0.1) is 0 Å². The predicted molar refractivity (Wildman–Crippen MR) is 92.9 cm³/mol. The molecule has 1 atom stereocenters. The Labute approximate surface area is 147 Å². The van der Waals surface area contributed by atoms with Crippen molar-refractivity contribution in [2.45, 2.75) is 25.9 Å². The highest BCUT2D eigenvalue weighted by atomic mass is 16.5. The van der Waals surface area contributed by atoms with Crippen molar-refractivity contribution in [3.63, 3.8) is 0 Å². The van der Waals surface area contributed by atoms with E-state index in [0.29, 0.717) is 17.9 Å². The molecule has 2 N–H and O–H groups in total. The van der Waals surface area contributed by atoms with Crippen LogP contribution in [-0.2, 0) is 0 Å². The van der Waals surface area contributed by atoms with Crippen LogP contribution in [0.3, 0.4) is 0 Å². The Morgan fingerprint density at radius 1 is 1.36 bits per heavy atom. The Bertz CT molecular complexity index is 664. The highest BCUT2D eigenvalue weighted by Crippen LogP contribution is 2.16. The van der Waals surface area contributed by atoms with E-state index in [9.17, 15) is 9.90 Å². The molecule has 0 saturated carbocycles. The Kier molecular flexibility index (Phi) is 5.78. The maximum atomic E-state index is 12.2. The van der Waals surface area contributed by atoms with E-state index in [4.69, 9.17) is 4.52 Å². The highest BCUT2D eigenvalue weighted by molar-refractivity contribution is 5.94. The summed E-state index contributed by atoms with van der Waals surface area (Å²) in [6, 6.07) is 6.95. The van der Waals surface area contributed by atoms with E-state index in [1.54, 1.807) is 24.3 Å². The molecule has 2 heterocycles. The molecule has 7 nitrogen and oxygen atoms in total. The van der Waals surface area contributed by atoms with Gasteiger partial charge in [-0.2, -0.15) is 4.98 Å². The molecule has 3 rings (SSSR count). The number of carbonyl (C=O) groups excluding carboxylic acids is 1. The van der Waals surface area contributed by atoms with Gasteiger partial charge in [0.2, 0.25) is 12.2 Å². The van der Waals surface area contributed by atoms with Crippen molar-refractivity contribution in [3.8, 4) is 11.4 Å². The van der Waals surface area contributed by atoms with Crippen LogP contribution in [0.5, 0.6) is 0 Å². The van der Waals surface area contributed by atoms with Gasteiger partial charge < -0.3 is 19.8 Å². The van der Waals surface area contributed by atoms with E-state index in [1.165, 1.54) is 19.2 Å². The van der Waals surface area contributed by atoms with E-state index in [0.717, 1.165) is 24.6 Å². The molecule has 0 bridgehead atoms. The number of likely N-dealkylation sites (tertiary alicyclic amines) is 1. The minimum atomic E-state index is -0.559. The summed E-state index contributed by atoms with van der Waals surface area (Å²) in [5.74, 6) is 1.05. The molecule has 134 valence electrons. The van der Waals surface area contributed by atoms with Gasteiger partial charge in [-0.05, 0) is 44.0 Å². The van der Waals surface area contributed by atoms with Crippen molar-refractivity contribution in [2.75, 3.05) is 26.2 Å². The number of rotatable bonds is 6. The maximum Gasteiger partial charge on any atom is 0.251 e. The minimum Gasteiger partial charge on any atom is -0.390 e. The number of hydrogen-bond acceptors (Lipinski definition) is 6. The number of aliphatic hydroxyl groups excluding tert-OH is 1. The monoisotopic (exact) mass is 344 g/mol. The normalized spacial score (nSPS) is 17.4. The van der Waals surface area contributed by atoms with Crippen LogP contribution in [0.4, 0.5) is 0 Å². The molecule has 0 spiro atoms. The number of nitrogens with one attached hydrogen (secondary N) is 1. The zero-order valence-corrected chi connectivity index (χ0v) is 14.4. The largest absolute Gasteiger partial charge is 0.390 e. The summed E-state index contributed by atoms with van der Waals surface area (Å²) in [6.07, 6.45) is 3.05. The number of aromatic nitrogens is 2. The second-order valence-corrected chi connectivity index (χ2v) is 6.68. The minimum absolute atomic E-state index is 0.203. The molecule has 1 aromatic carbocycles. The number of aliphatic hydroxyl groups is 1. The molecular weight excluding hydrogens is 320 g/mol. The second kappa shape index (κ2) is 8.22. The van der Waals surface area contributed by atoms with Crippen LogP contribution in [0.2, 0.25) is 0 Å². The molecule has 1 amide bonds. The van der Waals surface area contributed by atoms with Crippen LogP contribution in [0.15, 0.2) is 35.2 Å². The first-order valence-corrected chi connectivity index (χ1v) is 8.67.